The first-order valence-corrected chi connectivity index (χ1v) is 9.09. The van der Waals surface area contributed by atoms with Crippen molar-refractivity contribution in [3.8, 4) is 5.75 Å². The Morgan fingerprint density at radius 1 is 1.36 bits per heavy atom. The van der Waals surface area contributed by atoms with E-state index in [9.17, 15) is 0 Å². The molecule has 0 spiro atoms. The highest BCUT2D eigenvalue weighted by atomic mass is 16.5. The summed E-state index contributed by atoms with van der Waals surface area (Å²) in [6.45, 7) is 4.13. The summed E-state index contributed by atoms with van der Waals surface area (Å²) >= 11 is 0. The van der Waals surface area contributed by atoms with Crippen molar-refractivity contribution in [2.75, 3.05) is 13.7 Å². The number of ether oxygens (including phenoxy) is 1. The van der Waals surface area contributed by atoms with Crippen LogP contribution in [0.15, 0.2) is 34.9 Å². The molecule has 0 saturated carbocycles. The second-order valence-electron chi connectivity index (χ2n) is 6.75. The molecule has 1 aliphatic rings. The highest BCUT2D eigenvalue weighted by molar-refractivity contribution is 5.83. The van der Waals surface area contributed by atoms with E-state index in [1.165, 1.54) is 24.4 Å². The average Bonchev–Trinajstić information content (AvgIpc) is 3.24. The van der Waals surface area contributed by atoms with Crippen LogP contribution in [0.25, 0.3) is 11.0 Å². The molecular weight excluding hydrogens is 314 g/mol. The molecule has 0 saturated heterocycles. The first-order chi connectivity index (χ1) is 12.2. The summed E-state index contributed by atoms with van der Waals surface area (Å²) in [6, 6.07) is 8.19. The zero-order chi connectivity index (χ0) is 17.2. The SMILES string of the molecule is COc1cccc2cc([C@@H](C)NCCc3cn4c(n3)CCCC4)oc12. The van der Waals surface area contributed by atoms with Gasteiger partial charge in [0.2, 0.25) is 0 Å². The van der Waals surface area contributed by atoms with E-state index in [4.69, 9.17) is 14.1 Å². The van der Waals surface area contributed by atoms with Gasteiger partial charge in [-0.15, -0.1) is 0 Å². The van der Waals surface area contributed by atoms with Crippen LogP contribution in [0.3, 0.4) is 0 Å². The van der Waals surface area contributed by atoms with E-state index in [1.54, 1.807) is 7.11 Å². The number of hydrogen-bond donors (Lipinski definition) is 1. The van der Waals surface area contributed by atoms with Gasteiger partial charge in [0.05, 0.1) is 18.8 Å². The zero-order valence-electron chi connectivity index (χ0n) is 14.9. The molecule has 0 fully saturated rings. The van der Waals surface area contributed by atoms with Crippen molar-refractivity contribution in [2.24, 2.45) is 0 Å². The monoisotopic (exact) mass is 339 g/mol. The van der Waals surface area contributed by atoms with Gasteiger partial charge in [0.1, 0.15) is 11.6 Å². The lowest BCUT2D eigenvalue weighted by Gasteiger charge is -2.11. The van der Waals surface area contributed by atoms with Crippen molar-refractivity contribution in [3.63, 3.8) is 0 Å². The number of para-hydroxylation sites is 1. The number of benzene rings is 1. The molecule has 1 N–H and O–H groups in total. The summed E-state index contributed by atoms with van der Waals surface area (Å²) in [6.07, 6.45) is 6.81. The molecule has 3 aromatic rings. The van der Waals surface area contributed by atoms with Crippen molar-refractivity contribution >= 4 is 11.0 Å². The highest BCUT2D eigenvalue weighted by Crippen LogP contribution is 2.30. The normalized spacial score (nSPS) is 15.3. The number of aryl methyl sites for hydroxylation is 2. The molecule has 0 aliphatic carbocycles. The predicted molar refractivity (Wildman–Crippen MR) is 98.1 cm³/mol. The quantitative estimate of drug-likeness (QED) is 0.741. The fraction of sp³-hybridized carbons (Fsp3) is 0.450. The molecule has 1 atom stereocenters. The minimum absolute atomic E-state index is 0.148. The van der Waals surface area contributed by atoms with E-state index in [-0.39, 0.29) is 6.04 Å². The van der Waals surface area contributed by atoms with Crippen LogP contribution in [0.1, 0.15) is 43.1 Å². The van der Waals surface area contributed by atoms with Gasteiger partial charge in [-0.25, -0.2) is 4.98 Å². The molecular formula is C20H25N3O2. The number of nitrogens with one attached hydrogen (secondary N) is 1. The summed E-state index contributed by atoms with van der Waals surface area (Å²) in [4.78, 5) is 4.76. The maximum absolute atomic E-state index is 6.01. The van der Waals surface area contributed by atoms with Crippen molar-refractivity contribution in [2.45, 2.75) is 45.2 Å². The minimum Gasteiger partial charge on any atom is -0.493 e. The van der Waals surface area contributed by atoms with E-state index in [0.717, 1.165) is 48.4 Å². The summed E-state index contributed by atoms with van der Waals surface area (Å²) < 4.78 is 13.7. The Bertz CT molecular complexity index is 842. The first kappa shape index (κ1) is 16.2. The van der Waals surface area contributed by atoms with E-state index in [0.29, 0.717) is 0 Å². The van der Waals surface area contributed by atoms with Crippen LogP contribution < -0.4 is 10.1 Å². The summed E-state index contributed by atoms with van der Waals surface area (Å²) in [5, 5.41) is 4.62. The fourth-order valence-electron chi connectivity index (χ4n) is 3.54. The number of nitrogens with zero attached hydrogens (tertiary/aromatic N) is 2. The Morgan fingerprint density at radius 3 is 3.12 bits per heavy atom. The Kier molecular flexibility index (Phi) is 4.49. The van der Waals surface area contributed by atoms with Gasteiger partial charge in [0.25, 0.3) is 0 Å². The molecule has 132 valence electrons. The number of fused-ring (bicyclic) bond motifs is 2. The smallest absolute Gasteiger partial charge is 0.176 e. The Hall–Kier alpha value is -2.27. The Balaban J connectivity index is 1.39. The van der Waals surface area contributed by atoms with Crippen molar-refractivity contribution in [3.05, 3.63) is 47.7 Å². The molecule has 0 amide bonds. The zero-order valence-corrected chi connectivity index (χ0v) is 14.9. The van der Waals surface area contributed by atoms with Gasteiger partial charge in [-0.05, 0) is 31.9 Å². The molecule has 1 aromatic carbocycles. The van der Waals surface area contributed by atoms with Gasteiger partial charge in [0.15, 0.2) is 11.3 Å². The number of aromatic nitrogens is 2. The molecule has 0 unspecified atom stereocenters. The summed E-state index contributed by atoms with van der Waals surface area (Å²) in [5.74, 6) is 2.96. The summed E-state index contributed by atoms with van der Waals surface area (Å²) in [7, 11) is 1.67. The van der Waals surface area contributed by atoms with E-state index >= 15 is 0 Å². The van der Waals surface area contributed by atoms with Crippen LogP contribution in [0.5, 0.6) is 5.75 Å². The van der Waals surface area contributed by atoms with Gasteiger partial charge in [-0.2, -0.15) is 0 Å². The standard InChI is InChI=1S/C20H25N3O2/c1-14(18-12-15-6-5-7-17(24-2)20(15)25-18)21-10-9-16-13-23-11-4-3-8-19(23)22-16/h5-7,12-14,21H,3-4,8-11H2,1-2H3/t14-/m1/s1. The van der Waals surface area contributed by atoms with Gasteiger partial charge in [-0.1, -0.05) is 12.1 Å². The topological polar surface area (TPSA) is 52.2 Å². The number of methoxy groups -OCH3 is 1. The maximum atomic E-state index is 6.01. The van der Waals surface area contributed by atoms with Crippen LogP contribution in [-0.4, -0.2) is 23.2 Å². The molecule has 25 heavy (non-hydrogen) atoms. The maximum Gasteiger partial charge on any atom is 0.176 e. The second-order valence-corrected chi connectivity index (χ2v) is 6.75. The molecule has 4 rings (SSSR count). The molecule has 1 aliphatic heterocycles. The van der Waals surface area contributed by atoms with Gasteiger partial charge >= 0.3 is 0 Å². The van der Waals surface area contributed by atoms with Crippen LogP contribution in [-0.2, 0) is 19.4 Å². The van der Waals surface area contributed by atoms with Crippen LogP contribution in [0, 0.1) is 0 Å². The lowest BCUT2D eigenvalue weighted by atomic mass is 10.2. The highest BCUT2D eigenvalue weighted by Gasteiger charge is 2.15. The average molecular weight is 339 g/mol. The fourth-order valence-corrected chi connectivity index (χ4v) is 3.54. The Labute approximate surface area is 148 Å². The number of furan rings is 1. The van der Waals surface area contributed by atoms with E-state index in [2.05, 4.69) is 29.1 Å². The molecule has 5 heteroatoms. The molecule has 3 heterocycles. The lowest BCUT2D eigenvalue weighted by molar-refractivity contribution is 0.400. The summed E-state index contributed by atoms with van der Waals surface area (Å²) in [5.41, 5.74) is 2.00. The number of rotatable bonds is 6. The van der Waals surface area contributed by atoms with E-state index < -0.39 is 0 Å². The second kappa shape index (κ2) is 6.92. The van der Waals surface area contributed by atoms with Crippen molar-refractivity contribution in [1.29, 1.82) is 0 Å². The molecule has 5 nitrogen and oxygen atoms in total. The minimum atomic E-state index is 0.148. The van der Waals surface area contributed by atoms with Gasteiger partial charge in [-0.3, -0.25) is 0 Å². The third-order valence-electron chi connectivity index (χ3n) is 4.96. The largest absolute Gasteiger partial charge is 0.493 e. The first-order valence-electron chi connectivity index (χ1n) is 9.09. The molecule has 0 radical (unpaired) electrons. The predicted octanol–water partition coefficient (Wildman–Crippen LogP) is 3.87. The number of hydrogen-bond acceptors (Lipinski definition) is 4. The third kappa shape index (κ3) is 3.29. The van der Waals surface area contributed by atoms with Crippen molar-refractivity contribution in [1.82, 2.24) is 14.9 Å². The van der Waals surface area contributed by atoms with Crippen molar-refractivity contribution < 1.29 is 9.15 Å². The van der Waals surface area contributed by atoms with Gasteiger partial charge in [0, 0.05) is 37.5 Å². The molecule has 0 bridgehead atoms. The van der Waals surface area contributed by atoms with Crippen LogP contribution >= 0.6 is 0 Å². The third-order valence-corrected chi connectivity index (χ3v) is 4.96. The lowest BCUT2D eigenvalue weighted by Crippen LogP contribution is -2.21. The van der Waals surface area contributed by atoms with Crippen LogP contribution in [0.4, 0.5) is 0 Å². The number of imidazole rings is 1. The van der Waals surface area contributed by atoms with Gasteiger partial charge < -0.3 is 19.0 Å². The molecule has 2 aromatic heterocycles. The van der Waals surface area contributed by atoms with E-state index in [1.807, 2.05) is 18.2 Å². The Morgan fingerprint density at radius 2 is 2.28 bits per heavy atom. The van der Waals surface area contributed by atoms with Crippen LogP contribution in [0.2, 0.25) is 0 Å².